The van der Waals surface area contributed by atoms with Gasteiger partial charge in [-0.3, -0.25) is 9.59 Å². The lowest BCUT2D eigenvalue weighted by Gasteiger charge is -2.41. The first-order chi connectivity index (χ1) is 22.9. The quantitative estimate of drug-likeness (QED) is 0.345. The molecule has 0 aromatic heterocycles. The lowest BCUT2D eigenvalue weighted by atomic mass is 9.78. The maximum absolute atomic E-state index is 14.3. The zero-order chi connectivity index (χ0) is 32.3. The molecule has 0 unspecified atom stereocenters. The molecule has 0 bridgehead atoms. The molecule has 0 spiro atoms. The van der Waals surface area contributed by atoms with Gasteiger partial charge in [0.05, 0.1) is 5.92 Å². The Morgan fingerprint density at radius 1 is 0.766 bits per heavy atom. The number of rotatable bonds is 7. The van der Waals surface area contributed by atoms with Crippen LogP contribution in [0.4, 0.5) is 10.5 Å². The third-order valence-electron chi connectivity index (χ3n) is 11.5. The summed E-state index contributed by atoms with van der Waals surface area (Å²) in [4.78, 5) is 49.4. The highest BCUT2D eigenvalue weighted by molar-refractivity contribution is 5.92. The average Bonchev–Trinajstić information content (AvgIpc) is 3.11. The maximum Gasteiger partial charge on any atom is 0.322 e. The summed E-state index contributed by atoms with van der Waals surface area (Å²) in [5, 5.41) is 5.35. The fourth-order valence-corrected chi connectivity index (χ4v) is 8.62. The van der Waals surface area contributed by atoms with Crippen LogP contribution in [-0.4, -0.2) is 89.8 Å². The van der Waals surface area contributed by atoms with Gasteiger partial charge in [0, 0.05) is 50.9 Å². The van der Waals surface area contributed by atoms with Crippen LogP contribution >= 0.6 is 0 Å². The van der Waals surface area contributed by atoms with E-state index in [1.165, 1.54) is 25.9 Å². The van der Waals surface area contributed by atoms with Crippen molar-refractivity contribution >= 4 is 34.3 Å². The van der Waals surface area contributed by atoms with Gasteiger partial charge in [0.25, 0.3) is 0 Å². The van der Waals surface area contributed by atoms with E-state index in [9.17, 15) is 14.4 Å². The van der Waals surface area contributed by atoms with Crippen molar-refractivity contribution in [3.05, 3.63) is 77.9 Å². The molecule has 1 atom stereocenters. The lowest BCUT2D eigenvalue weighted by molar-refractivity contribution is -0.143. The minimum absolute atomic E-state index is 0.0525. The Bertz CT molecular complexity index is 1580. The number of carbonyl (C=O) groups is 3. The number of nitrogens with one attached hydrogen (secondary N) is 1. The molecule has 7 rings (SSSR count). The molecular formula is C39H49N5O3. The monoisotopic (exact) mass is 635 g/mol. The number of amides is 4. The number of benzene rings is 3. The number of nitrogens with zero attached hydrogens (tertiary/aromatic N) is 4. The molecule has 3 aromatic rings. The second-order valence-corrected chi connectivity index (χ2v) is 14.4. The molecule has 4 heterocycles. The number of urea groups is 1. The molecule has 3 saturated heterocycles. The molecule has 0 aliphatic carbocycles. The standard InChI is InChI=1S/C39H49N5O3/c1-41-19-13-28(14-20-41)29-15-21-43(22-16-29)38(46)33(25-31-10-6-9-30-7-2-4-11-35(30)31)26-37(45)42-23-17-34(18-24-42)44-27-32-8-3-5-12-36(32)40-39(44)47/h2-12,28-29,33-34H,13-27H2,1H3,(H,40,47)/t33-/m1/s1. The van der Waals surface area contributed by atoms with Crippen molar-refractivity contribution in [1.29, 1.82) is 0 Å². The molecule has 8 heteroatoms. The zero-order valence-corrected chi connectivity index (χ0v) is 27.8. The molecule has 4 aliphatic rings. The Morgan fingerprint density at radius 3 is 2.17 bits per heavy atom. The van der Waals surface area contributed by atoms with Crippen molar-refractivity contribution in [2.24, 2.45) is 17.8 Å². The Morgan fingerprint density at radius 2 is 1.40 bits per heavy atom. The first kappa shape index (κ1) is 31.7. The third-order valence-corrected chi connectivity index (χ3v) is 11.5. The Balaban J connectivity index is 1.01. The Labute approximate surface area is 279 Å². The second kappa shape index (κ2) is 14.1. The minimum atomic E-state index is -0.393. The highest BCUT2D eigenvalue weighted by atomic mass is 16.2. The van der Waals surface area contributed by atoms with Gasteiger partial charge in [-0.15, -0.1) is 0 Å². The van der Waals surface area contributed by atoms with Crippen molar-refractivity contribution in [3.63, 3.8) is 0 Å². The van der Waals surface area contributed by atoms with Gasteiger partial charge in [0.2, 0.25) is 11.8 Å². The number of anilines is 1. The van der Waals surface area contributed by atoms with Crippen LogP contribution in [0.1, 0.15) is 56.1 Å². The lowest BCUT2D eigenvalue weighted by Crippen LogP contribution is -2.51. The molecular weight excluding hydrogens is 586 g/mol. The van der Waals surface area contributed by atoms with Crippen LogP contribution in [0.15, 0.2) is 66.7 Å². The van der Waals surface area contributed by atoms with Gasteiger partial charge >= 0.3 is 6.03 Å². The maximum atomic E-state index is 14.3. The van der Waals surface area contributed by atoms with E-state index in [4.69, 9.17) is 0 Å². The molecule has 3 aromatic carbocycles. The van der Waals surface area contributed by atoms with Gasteiger partial charge in [-0.1, -0.05) is 60.7 Å². The Hall–Kier alpha value is -3.91. The van der Waals surface area contributed by atoms with Crippen LogP contribution in [0.3, 0.4) is 0 Å². The number of para-hydroxylation sites is 1. The van der Waals surface area contributed by atoms with Crippen LogP contribution < -0.4 is 5.32 Å². The first-order valence-electron chi connectivity index (χ1n) is 17.8. The number of fused-ring (bicyclic) bond motifs is 2. The highest BCUT2D eigenvalue weighted by Crippen LogP contribution is 2.34. The van der Waals surface area contributed by atoms with E-state index in [1.54, 1.807) is 0 Å². The van der Waals surface area contributed by atoms with Gasteiger partial charge in [0.1, 0.15) is 0 Å². The summed E-state index contributed by atoms with van der Waals surface area (Å²) < 4.78 is 0. The first-order valence-corrected chi connectivity index (χ1v) is 17.8. The molecule has 8 nitrogen and oxygen atoms in total. The van der Waals surface area contributed by atoms with E-state index in [1.807, 2.05) is 40.1 Å². The van der Waals surface area contributed by atoms with Gasteiger partial charge in [-0.2, -0.15) is 0 Å². The van der Waals surface area contributed by atoms with Crippen molar-refractivity contribution < 1.29 is 14.4 Å². The van der Waals surface area contributed by atoms with Crippen molar-refractivity contribution in [1.82, 2.24) is 19.6 Å². The predicted octanol–water partition coefficient (Wildman–Crippen LogP) is 6.01. The summed E-state index contributed by atoms with van der Waals surface area (Å²) in [6, 6.07) is 22.6. The third kappa shape index (κ3) is 7.03. The summed E-state index contributed by atoms with van der Waals surface area (Å²) in [5.41, 5.74) is 3.13. The van der Waals surface area contributed by atoms with Crippen LogP contribution in [-0.2, 0) is 22.6 Å². The SMILES string of the molecule is CN1CCC(C2CCN(C(=O)[C@@H](CC(=O)N3CCC(N4Cc5ccccc5NC4=O)CC3)Cc3cccc4ccccc34)CC2)CC1. The van der Waals surface area contributed by atoms with E-state index in [2.05, 4.69) is 58.6 Å². The molecule has 47 heavy (non-hydrogen) atoms. The predicted molar refractivity (Wildman–Crippen MR) is 186 cm³/mol. The van der Waals surface area contributed by atoms with Crippen LogP contribution in [0.5, 0.6) is 0 Å². The summed E-state index contributed by atoms with van der Waals surface area (Å²) in [7, 11) is 2.21. The fraction of sp³-hybridized carbons (Fsp3) is 0.513. The van der Waals surface area contributed by atoms with E-state index in [0.29, 0.717) is 32.0 Å². The second-order valence-electron chi connectivity index (χ2n) is 14.4. The van der Waals surface area contributed by atoms with Crippen LogP contribution in [0, 0.1) is 17.8 Å². The van der Waals surface area contributed by atoms with E-state index >= 15 is 0 Å². The number of carbonyl (C=O) groups excluding carboxylic acids is 3. The van der Waals surface area contributed by atoms with Gasteiger partial charge < -0.3 is 24.9 Å². The summed E-state index contributed by atoms with van der Waals surface area (Å²) in [6.07, 6.45) is 6.93. The van der Waals surface area contributed by atoms with Gasteiger partial charge in [-0.25, -0.2) is 4.79 Å². The molecule has 248 valence electrons. The van der Waals surface area contributed by atoms with Gasteiger partial charge in [-0.05, 0) is 105 Å². The normalized spacial score (nSPS) is 21.0. The Kier molecular flexibility index (Phi) is 9.48. The summed E-state index contributed by atoms with van der Waals surface area (Å²) >= 11 is 0. The smallest absolute Gasteiger partial charge is 0.322 e. The number of hydrogen-bond acceptors (Lipinski definition) is 4. The van der Waals surface area contributed by atoms with Crippen molar-refractivity contribution in [3.8, 4) is 0 Å². The summed E-state index contributed by atoms with van der Waals surface area (Å²) in [6.45, 7) is 5.74. The van der Waals surface area contributed by atoms with E-state index < -0.39 is 5.92 Å². The van der Waals surface area contributed by atoms with E-state index in [0.717, 1.165) is 72.3 Å². The number of piperidine rings is 3. The topological polar surface area (TPSA) is 76.2 Å². The molecule has 4 aliphatic heterocycles. The minimum Gasteiger partial charge on any atom is -0.343 e. The molecule has 1 N–H and O–H groups in total. The summed E-state index contributed by atoms with van der Waals surface area (Å²) in [5.74, 6) is 1.26. The molecule has 3 fully saturated rings. The van der Waals surface area contributed by atoms with Gasteiger partial charge in [0.15, 0.2) is 0 Å². The highest BCUT2D eigenvalue weighted by Gasteiger charge is 2.36. The van der Waals surface area contributed by atoms with Crippen LogP contribution in [0.2, 0.25) is 0 Å². The van der Waals surface area contributed by atoms with Crippen molar-refractivity contribution in [2.75, 3.05) is 51.6 Å². The van der Waals surface area contributed by atoms with E-state index in [-0.39, 0.29) is 30.3 Å². The number of hydrogen-bond donors (Lipinski definition) is 1. The largest absolute Gasteiger partial charge is 0.343 e. The molecule has 0 radical (unpaired) electrons. The molecule has 0 saturated carbocycles. The van der Waals surface area contributed by atoms with Crippen molar-refractivity contribution in [2.45, 2.75) is 64.0 Å². The zero-order valence-electron chi connectivity index (χ0n) is 27.8. The average molecular weight is 636 g/mol. The molecule has 4 amide bonds. The fourth-order valence-electron chi connectivity index (χ4n) is 8.62. The van der Waals surface area contributed by atoms with Crippen LogP contribution in [0.25, 0.3) is 10.8 Å². The number of likely N-dealkylation sites (tertiary alicyclic amines) is 3.